The summed E-state index contributed by atoms with van der Waals surface area (Å²) in [5.41, 5.74) is 1.79. The van der Waals surface area contributed by atoms with Crippen molar-refractivity contribution in [2.45, 2.75) is 57.9 Å². The van der Waals surface area contributed by atoms with Gasteiger partial charge in [-0.2, -0.15) is 0 Å². The standard InChI is InChI=1S/C20H31N3O3/c1-15-12-23(13-16(2)26-15)14-17-6-4-5-7-18(17)21-19(24)22-20(3)8-10-25-11-9-20/h4-7,15-16H,8-14H2,1-3H3,(H2,21,22,24). The van der Waals surface area contributed by atoms with Crippen molar-refractivity contribution in [3.8, 4) is 0 Å². The lowest BCUT2D eigenvalue weighted by atomic mass is 9.93. The second kappa shape index (κ2) is 8.37. The van der Waals surface area contributed by atoms with E-state index in [-0.39, 0.29) is 23.8 Å². The van der Waals surface area contributed by atoms with Gasteiger partial charge in [0, 0.05) is 44.1 Å². The Morgan fingerprint density at radius 1 is 1.19 bits per heavy atom. The van der Waals surface area contributed by atoms with Gasteiger partial charge < -0.3 is 20.1 Å². The molecule has 2 atom stereocenters. The average molecular weight is 361 g/mol. The fourth-order valence-electron chi connectivity index (χ4n) is 3.81. The van der Waals surface area contributed by atoms with Gasteiger partial charge >= 0.3 is 6.03 Å². The van der Waals surface area contributed by atoms with Gasteiger partial charge in [0.1, 0.15) is 0 Å². The fraction of sp³-hybridized carbons (Fsp3) is 0.650. The third-order valence-electron chi connectivity index (χ3n) is 5.17. The van der Waals surface area contributed by atoms with Gasteiger partial charge in [-0.05, 0) is 45.2 Å². The predicted molar refractivity (Wildman–Crippen MR) is 102 cm³/mol. The molecule has 1 aromatic carbocycles. The predicted octanol–water partition coefficient (Wildman–Crippen LogP) is 2.99. The van der Waals surface area contributed by atoms with Crippen molar-refractivity contribution in [2.75, 3.05) is 31.6 Å². The van der Waals surface area contributed by atoms with Crippen molar-refractivity contribution in [3.63, 3.8) is 0 Å². The van der Waals surface area contributed by atoms with Gasteiger partial charge in [-0.15, -0.1) is 0 Å². The van der Waals surface area contributed by atoms with Crippen LogP contribution in [0, 0.1) is 0 Å². The van der Waals surface area contributed by atoms with Crippen LogP contribution in [0.15, 0.2) is 24.3 Å². The summed E-state index contributed by atoms with van der Waals surface area (Å²) in [6, 6.07) is 7.88. The molecule has 2 saturated heterocycles. The minimum absolute atomic E-state index is 0.148. The molecule has 2 fully saturated rings. The Morgan fingerprint density at radius 2 is 1.85 bits per heavy atom. The fourth-order valence-corrected chi connectivity index (χ4v) is 3.81. The normalized spacial score (nSPS) is 26.3. The van der Waals surface area contributed by atoms with E-state index in [1.807, 2.05) is 18.2 Å². The molecule has 2 N–H and O–H groups in total. The Kier molecular flexibility index (Phi) is 6.16. The van der Waals surface area contributed by atoms with Crippen LogP contribution >= 0.6 is 0 Å². The minimum Gasteiger partial charge on any atom is -0.381 e. The molecule has 0 saturated carbocycles. The number of anilines is 1. The third kappa shape index (κ3) is 5.19. The number of hydrogen-bond donors (Lipinski definition) is 2. The third-order valence-corrected chi connectivity index (χ3v) is 5.17. The highest BCUT2D eigenvalue weighted by atomic mass is 16.5. The number of nitrogens with one attached hydrogen (secondary N) is 2. The number of rotatable bonds is 4. The Hall–Kier alpha value is -1.63. The van der Waals surface area contributed by atoms with E-state index < -0.39 is 0 Å². The topological polar surface area (TPSA) is 62.8 Å². The Balaban J connectivity index is 1.62. The summed E-state index contributed by atoms with van der Waals surface area (Å²) in [5.74, 6) is 0. The number of para-hydroxylation sites is 1. The molecular weight excluding hydrogens is 330 g/mol. The number of nitrogens with zero attached hydrogens (tertiary/aromatic N) is 1. The number of carbonyl (C=O) groups is 1. The summed E-state index contributed by atoms with van der Waals surface area (Å²) in [4.78, 5) is 14.9. The lowest BCUT2D eigenvalue weighted by Crippen LogP contribution is -2.51. The maximum Gasteiger partial charge on any atom is 0.319 e. The van der Waals surface area contributed by atoms with Crippen LogP contribution in [0.5, 0.6) is 0 Å². The van der Waals surface area contributed by atoms with E-state index in [0.717, 1.165) is 43.7 Å². The van der Waals surface area contributed by atoms with Crippen molar-refractivity contribution in [2.24, 2.45) is 0 Å². The highest BCUT2D eigenvalue weighted by Gasteiger charge is 2.29. The second-order valence-electron chi connectivity index (χ2n) is 7.86. The lowest BCUT2D eigenvalue weighted by Gasteiger charge is -2.36. The molecule has 2 heterocycles. The van der Waals surface area contributed by atoms with Gasteiger partial charge in [0.05, 0.1) is 12.2 Å². The summed E-state index contributed by atoms with van der Waals surface area (Å²) in [7, 11) is 0. The van der Waals surface area contributed by atoms with Crippen molar-refractivity contribution in [1.29, 1.82) is 0 Å². The molecule has 2 unspecified atom stereocenters. The summed E-state index contributed by atoms with van der Waals surface area (Å²) in [5, 5.41) is 6.17. The van der Waals surface area contributed by atoms with Gasteiger partial charge in [-0.25, -0.2) is 4.79 Å². The number of amides is 2. The van der Waals surface area contributed by atoms with Crippen LogP contribution in [0.4, 0.5) is 10.5 Å². The van der Waals surface area contributed by atoms with Gasteiger partial charge in [0.15, 0.2) is 0 Å². The molecule has 0 radical (unpaired) electrons. The first-order chi connectivity index (χ1) is 12.4. The maximum atomic E-state index is 12.5. The number of ether oxygens (including phenoxy) is 2. The largest absolute Gasteiger partial charge is 0.381 e. The van der Waals surface area contributed by atoms with E-state index in [2.05, 4.69) is 42.4 Å². The van der Waals surface area contributed by atoms with Crippen LogP contribution in [0.2, 0.25) is 0 Å². The zero-order valence-corrected chi connectivity index (χ0v) is 16.1. The highest BCUT2D eigenvalue weighted by Crippen LogP contribution is 2.22. The van der Waals surface area contributed by atoms with Crippen LogP contribution in [0.25, 0.3) is 0 Å². The first-order valence-electron chi connectivity index (χ1n) is 9.56. The number of morpholine rings is 1. The molecule has 6 heteroatoms. The molecule has 26 heavy (non-hydrogen) atoms. The average Bonchev–Trinajstić information content (AvgIpc) is 2.56. The molecule has 0 aromatic heterocycles. The molecule has 2 aliphatic rings. The summed E-state index contributed by atoms with van der Waals surface area (Å²) < 4.78 is 11.2. The summed E-state index contributed by atoms with van der Waals surface area (Å²) >= 11 is 0. The smallest absolute Gasteiger partial charge is 0.319 e. The number of carbonyl (C=O) groups excluding carboxylic acids is 1. The molecule has 2 amide bonds. The Bertz CT molecular complexity index is 606. The molecule has 6 nitrogen and oxygen atoms in total. The molecule has 2 aliphatic heterocycles. The van der Waals surface area contributed by atoms with E-state index in [1.54, 1.807) is 0 Å². The quantitative estimate of drug-likeness (QED) is 0.865. The van der Waals surface area contributed by atoms with Crippen molar-refractivity contribution in [3.05, 3.63) is 29.8 Å². The van der Waals surface area contributed by atoms with E-state index in [0.29, 0.717) is 13.2 Å². The van der Waals surface area contributed by atoms with Gasteiger partial charge in [0.2, 0.25) is 0 Å². The molecule has 144 valence electrons. The lowest BCUT2D eigenvalue weighted by molar-refractivity contribution is -0.0704. The van der Waals surface area contributed by atoms with Crippen molar-refractivity contribution in [1.82, 2.24) is 10.2 Å². The maximum absolute atomic E-state index is 12.5. The van der Waals surface area contributed by atoms with E-state index in [1.165, 1.54) is 0 Å². The zero-order chi connectivity index (χ0) is 18.6. The van der Waals surface area contributed by atoms with Gasteiger partial charge in [-0.1, -0.05) is 18.2 Å². The van der Waals surface area contributed by atoms with Crippen molar-refractivity contribution < 1.29 is 14.3 Å². The van der Waals surface area contributed by atoms with Crippen LogP contribution in [-0.2, 0) is 16.0 Å². The summed E-state index contributed by atoms with van der Waals surface area (Å²) in [6.45, 7) is 10.3. The highest BCUT2D eigenvalue weighted by molar-refractivity contribution is 5.90. The molecule has 3 rings (SSSR count). The first-order valence-corrected chi connectivity index (χ1v) is 9.56. The monoisotopic (exact) mass is 361 g/mol. The number of hydrogen-bond acceptors (Lipinski definition) is 4. The molecular formula is C20H31N3O3. The van der Waals surface area contributed by atoms with Crippen molar-refractivity contribution >= 4 is 11.7 Å². The van der Waals surface area contributed by atoms with E-state index in [4.69, 9.17) is 9.47 Å². The molecule has 0 spiro atoms. The Labute approximate surface area is 156 Å². The van der Waals surface area contributed by atoms with Crippen LogP contribution < -0.4 is 10.6 Å². The second-order valence-corrected chi connectivity index (χ2v) is 7.86. The van der Waals surface area contributed by atoms with E-state index in [9.17, 15) is 4.79 Å². The number of urea groups is 1. The minimum atomic E-state index is -0.202. The first kappa shape index (κ1) is 19.1. The molecule has 1 aromatic rings. The summed E-state index contributed by atoms with van der Waals surface area (Å²) in [6.07, 6.45) is 2.14. The van der Waals surface area contributed by atoms with E-state index >= 15 is 0 Å². The SMILES string of the molecule is CC1CN(Cc2ccccc2NC(=O)NC2(C)CCOCC2)CC(C)O1. The van der Waals surface area contributed by atoms with Gasteiger partial charge in [-0.3, -0.25) is 4.90 Å². The van der Waals surface area contributed by atoms with Gasteiger partial charge in [0.25, 0.3) is 0 Å². The molecule has 0 aliphatic carbocycles. The Morgan fingerprint density at radius 3 is 2.54 bits per heavy atom. The van der Waals surface area contributed by atoms with Crippen LogP contribution in [-0.4, -0.2) is 55.0 Å². The van der Waals surface area contributed by atoms with Crippen LogP contribution in [0.3, 0.4) is 0 Å². The number of benzene rings is 1. The molecule has 0 bridgehead atoms. The zero-order valence-electron chi connectivity index (χ0n) is 16.1. The van der Waals surface area contributed by atoms with Crippen LogP contribution in [0.1, 0.15) is 39.2 Å².